The molecule has 3 aromatic carbocycles. The molecule has 31 heavy (non-hydrogen) atoms. The van der Waals surface area contributed by atoms with Gasteiger partial charge in [0.05, 0.1) is 12.2 Å². The van der Waals surface area contributed by atoms with Crippen molar-refractivity contribution in [3.8, 4) is 0 Å². The molecule has 0 saturated heterocycles. The molecule has 0 aliphatic rings. The van der Waals surface area contributed by atoms with Crippen LogP contribution in [-0.4, -0.2) is 31.4 Å². The van der Waals surface area contributed by atoms with E-state index in [9.17, 15) is 14.4 Å². The summed E-state index contributed by atoms with van der Waals surface area (Å²) in [6.07, 6.45) is -0.464. The highest BCUT2D eigenvalue weighted by Crippen LogP contribution is 2.21. The van der Waals surface area contributed by atoms with Crippen molar-refractivity contribution >= 4 is 40.8 Å². The minimum Gasteiger partial charge on any atom is -0.449 e. The Labute approximate surface area is 185 Å². The molecule has 0 aliphatic heterocycles. The Morgan fingerprint density at radius 1 is 0.903 bits per heavy atom. The van der Waals surface area contributed by atoms with Gasteiger partial charge in [-0.15, -0.1) is 0 Å². The molecular formula is C24H21ClN2O4. The molecule has 0 fully saturated rings. The van der Waals surface area contributed by atoms with Crippen LogP contribution in [-0.2, 0) is 4.74 Å². The van der Waals surface area contributed by atoms with Gasteiger partial charge < -0.3 is 10.1 Å². The number of anilines is 2. The number of nitrogens with one attached hydrogen (secondary N) is 1. The molecule has 0 heterocycles. The maximum absolute atomic E-state index is 12.9. The van der Waals surface area contributed by atoms with Gasteiger partial charge in [0.25, 0.3) is 5.91 Å². The van der Waals surface area contributed by atoms with Gasteiger partial charge in [-0.2, -0.15) is 0 Å². The number of ether oxygens (including phenoxy) is 1. The maximum Gasteiger partial charge on any atom is 0.413 e. The number of ketones is 1. The maximum atomic E-state index is 12.9. The molecule has 0 bridgehead atoms. The zero-order valence-corrected chi connectivity index (χ0v) is 17.8. The fourth-order valence-electron chi connectivity index (χ4n) is 2.93. The molecule has 0 spiro atoms. The van der Waals surface area contributed by atoms with Crippen LogP contribution in [0.25, 0.3) is 0 Å². The smallest absolute Gasteiger partial charge is 0.413 e. The summed E-state index contributed by atoms with van der Waals surface area (Å²) in [7, 11) is 1.60. The SMILES string of the molecule is CCOC(=O)N(C)c1ccc(NC(=O)c2ccccc2C(=O)c2ccc(Cl)cc2)cc1. The lowest BCUT2D eigenvalue weighted by Gasteiger charge is -2.17. The van der Waals surface area contributed by atoms with Crippen LogP contribution in [0, 0.1) is 0 Å². The second-order valence-corrected chi connectivity index (χ2v) is 7.08. The Kier molecular flexibility index (Phi) is 7.05. The summed E-state index contributed by atoms with van der Waals surface area (Å²) < 4.78 is 4.97. The van der Waals surface area contributed by atoms with Gasteiger partial charge in [0.2, 0.25) is 0 Å². The van der Waals surface area contributed by atoms with Gasteiger partial charge >= 0.3 is 6.09 Å². The first-order valence-electron chi connectivity index (χ1n) is 9.62. The Bertz CT molecular complexity index is 1100. The lowest BCUT2D eigenvalue weighted by atomic mass is 9.98. The van der Waals surface area contributed by atoms with E-state index < -0.39 is 12.0 Å². The topological polar surface area (TPSA) is 75.7 Å². The fourth-order valence-corrected chi connectivity index (χ4v) is 3.05. The van der Waals surface area contributed by atoms with E-state index in [4.69, 9.17) is 16.3 Å². The van der Waals surface area contributed by atoms with Crippen LogP contribution >= 0.6 is 11.6 Å². The molecule has 3 rings (SSSR count). The zero-order chi connectivity index (χ0) is 22.4. The molecule has 7 heteroatoms. The van der Waals surface area contributed by atoms with E-state index in [0.29, 0.717) is 27.5 Å². The molecule has 0 radical (unpaired) electrons. The van der Waals surface area contributed by atoms with Crippen LogP contribution in [0.3, 0.4) is 0 Å². The molecule has 0 aliphatic carbocycles. The number of amides is 2. The zero-order valence-electron chi connectivity index (χ0n) is 17.1. The summed E-state index contributed by atoms with van der Waals surface area (Å²) in [5, 5.41) is 3.32. The predicted molar refractivity (Wildman–Crippen MR) is 121 cm³/mol. The third-order valence-corrected chi connectivity index (χ3v) is 4.83. The summed E-state index contributed by atoms with van der Waals surface area (Å²) >= 11 is 5.89. The van der Waals surface area contributed by atoms with Crippen molar-refractivity contribution in [1.82, 2.24) is 0 Å². The molecule has 1 N–H and O–H groups in total. The highest BCUT2D eigenvalue weighted by Gasteiger charge is 2.18. The van der Waals surface area contributed by atoms with Crippen molar-refractivity contribution in [3.05, 3.63) is 94.5 Å². The Morgan fingerprint density at radius 3 is 2.13 bits per heavy atom. The van der Waals surface area contributed by atoms with Gasteiger partial charge in [0.1, 0.15) is 0 Å². The average molecular weight is 437 g/mol. The summed E-state index contributed by atoms with van der Waals surface area (Å²) in [5.41, 5.74) is 2.14. The van der Waals surface area contributed by atoms with Gasteiger partial charge in [-0.25, -0.2) is 4.79 Å². The first kappa shape index (κ1) is 22.1. The monoisotopic (exact) mass is 436 g/mol. The number of halogens is 1. The Morgan fingerprint density at radius 2 is 1.52 bits per heavy atom. The minimum absolute atomic E-state index is 0.259. The molecule has 0 atom stereocenters. The van der Waals surface area contributed by atoms with Crippen molar-refractivity contribution in [2.24, 2.45) is 0 Å². The van der Waals surface area contributed by atoms with Crippen LogP contribution in [0.4, 0.5) is 16.2 Å². The summed E-state index contributed by atoms with van der Waals surface area (Å²) in [5.74, 6) is -0.682. The fraction of sp³-hybridized carbons (Fsp3) is 0.125. The highest BCUT2D eigenvalue weighted by molar-refractivity contribution is 6.30. The minimum atomic E-state index is -0.464. The van der Waals surface area contributed by atoms with Gasteiger partial charge in [-0.3, -0.25) is 14.5 Å². The number of nitrogens with zero attached hydrogens (tertiary/aromatic N) is 1. The molecule has 158 valence electrons. The number of benzene rings is 3. The Hall–Kier alpha value is -3.64. The second kappa shape index (κ2) is 9.91. The predicted octanol–water partition coefficient (Wildman–Crippen LogP) is 5.42. The summed E-state index contributed by atoms with van der Waals surface area (Å²) in [6, 6.07) is 19.9. The molecule has 0 saturated carbocycles. The average Bonchev–Trinajstić information content (AvgIpc) is 2.79. The van der Waals surface area contributed by atoms with Crippen LogP contribution in [0.5, 0.6) is 0 Å². The molecule has 2 amide bonds. The normalized spacial score (nSPS) is 10.3. The summed E-state index contributed by atoms with van der Waals surface area (Å²) in [6.45, 7) is 2.02. The number of hydrogen-bond donors (Lipinski definition) is 1. The van der Waals surface area contributed by atoms with Crippen molar-refractivity contribution in [1.29, 1.82) is 0 Å². The molecular weight excluding hydrogens is 416 g/mol. The quantitative estimate of drug-likeness (QED) is 0.524. The van der Waals surface area contributed by atoms with Crippen molar-refractivity contribution in [2.75, 3.05) is 23.9 Å². The molecule has 0 aromatic heterocycles. The molecule has 0 unspecified atom stereocenters. The standard InChI is InChI=1S/C24H21ClN2O4/c1-3-31-24(30)27(2)19-14-12-18(13-15-19)26-23(29)21-7-5-4-6-20(21)22(28)16-8-10-17(25)11-9-16/h4-15H,3H2,1-2H3,(H,26,29). The van der Waals surface area contributed by atoms with Crippen molar-refractivity contribution in [3.63, 3.8) is 0 Å². The number of carbonyl (C=O) groups excluding carboxylic acids is 3. The first-order chi connectivity index (χ1) is 14.9. The van der Waals surface area contributed by atoms with Crippen molar-refractivity contribution < 1.29 is 19.1 Å². The van der Waals surface area contributed by atoms with Gasteiger partial charge in [0.15, 0.2) is 5.78 Å². The number of rotatable bonds is 6. The van der Waals surface area contributed by atoms with Crippen molar-refractivity contribution in [2.45, 2.75) is 6.92 Å². The first-order valence-corrected chi connectivity index (χ1v) is 9.99. The van der Waals surface area contributed by atoms with E-state index >= 15 is 0 Å². The molecule has 3 aromatic rings. The Balaban J connectivity index is 1.78. The number of hydrogen-bond acceptors (Lipinski definition) is 4. The third kappa shape index (κ3) is 5.29. The van der Waals surface area contributed by atoms with Gasteiger partial charge in [-0.05, 0) is 61.5 Å². The van der Waals surface area contributed by atoms with E-state index in [1.807, 2.05) is 0 Å². The van der Waals surface area contributed by atoms with E-state index in [-0.39, 0.29) is 18.0 Å². The van der Waals surface area contributed by atoms with E-state index in [1.54, 1.807) is 86.8 Å². The lowest BCUT2D eigenvalue weighted by molar-refractivity contribution is 0.0996. The largest absolute Gasteiger partial charge is 0.449 e. The molecule has 6 nitrogen and oxygen atoms in total. The van der Waals surface area contributed by atoms with Crippen LogP contribution in [0.1, 0.15) is 33.2 Å². The summed E-state index contributed by atoms with van der Waals surface area (Å²) in [4.78, 5) is 39.0. The third-order valence-electron chi connectivity index (χ3n) is 4.58. The number of carbonyl (C=O) groups is 3. The van der Waals surface area contributed by atoms with Crippen LogP contribution in [0.15, 0.2) is 72.8 Å². The van der Waals surface area contributed by atoms with Gasteiger partial charge in [-0.1, -0.05) is 29.8 Å². The van der Waals surface area contributed by atoms with Crippen LogP contribution in [0.2, 0.25) is 5.02 Å². The van der Waals surface area contributed by atoms with Gasteiger partial charge in [0, 0.05) is 34.6 Å². The van der Waals surface area contributed by atoms with E-state index in [0.717, 1.165) is 0 Å². The highest BCUT2D eigenvalue weighted by atomic mass is 35.5. The van der Waals surface area contributed by atoms with E-state index in [2.05, 4.69) is 5.32 Å². The second-order valence-electron chi connectivity index (χ2n) is 6.64. The van der Waals surface area contributed by atoms with E-state index in [1.165, 1.54) is 4.90 Å². The van der Waals surface area contributed by atoms with Crippen LogP contribution < -0.4 is 10.2 Å². The lowest BCUT2D eigenvalue weighted by Crippen LogP contribution is -2.26.